The minimum Gasteiger partial charge on any atom is -0.454 e. The molecule has 0 aliphatic rings. The molecule has 3 heterocycles. The molecule has 0 bridgehead atoms. The Kier molecular flexibility index (Phi) is 5.19. The zero-order valence-corrected chi connectivity index (χ0v) is 16.5. The number of rotatable bonds is 4. The number of pyridine rings is 1. The van der Waals surface area contributed by atoms with Crippen LogP contribution in [0.1, 0.15) is 27.6 Å². The van der Waals surface area contributed by atoms with Gasteiger partial charge in [0.1, 0.15) is 6.61 Å². The van der Waals surface area contributed by atoms with Crippen molar-refractivity contribution in [3.8, 4) is 5.82 Å². The summed E-state index contributed by atoms with van der Waals surface area (Å²) in [5.41, 5.74) is 0.831. The standard InChI is InChI=1S/C18H18ClN5O4/c1-10-7-11(2)24(21-10)14-6-5-13(19)16(20-14)17(26)28-9-12-8-15(25)23(4)18(27)22(12)3/h5-8H,9H2,1-4H3. The number of esters is 1. The molecule has 0 saturated carbocycles. The quantitative estimate of drug-likeness (QED) is 0.608. The highest BCUT2D eigenvalue weighted by molar-refractivity contribution is 6.33. The Morgan fingerprint density at radius 1 is 1.14 bits per heavy atom. The van der Waals surface area contributed by atoms with E-state index in [9.17, 15) is 14.4 Å². The summed E-state index contributed by atoms with van der Waals surface area (Å²) in [6.45, 7) is 3.44. The largest absolute Gasteiger partial charge is 0.454 e. The van der Waals surface area contributed by atoms with Crippen LogP contribution in [0, 0.1) is 13.8 Å². The van der Waals surface area contributed by atoms with E-state index in [2.05, 4.69) is 10.1 Å². The lowest BCUT2D eigenvalue weighted by atomic mass is 10.3. The van der Waals surface area contributed by atoms with E-state index in [1.165, 1.54) is 30.8 Å². The Morgan fingerprint density at radius 3 is 2.50 bits per heavy atom. The number of hydrogen-bond donors (Lipinski definition) is 0. The van der Waals surface area contributed by atoms with Crippen molar-refractivity contribution in [2.45, 2.75) is 20.5 Å². The van der Waals surface area contributed by atoms with E-state index in [1.54, 1.807) is 10.7 Å². The van der Waals surface area contributed by atoms with Crippen molar-refractivity contribution in [1.29, 1.82) is 0 Å². The molecule has 3 rings (SSSR count). The second kappa shape index (κ2) is 7.43. The minimum absolute atomic E-state index is 0.0828. The Labute approximate surface area is 164 Å². The summed E-state index contributed by atoms with van der Waals surface area (Å²) in [6, 6.07) is 6.29. The number of nitrogens with zero attached hydrogens (tertiary/aromatic N) is 5. The maximum atomic E-state index is 12.5. The molecule has 0 atom stereocenters. The van der Waals surface area contributed by atoms with Gasteiger partial charge >= 0.3 is 11.7 Å². The van der Waals surface area contributed by atoms with Crippen molar-refractivity contribution in [2.75, 3.05) is 0 Å². The molecular weight excluding hydrogens is 386 g/mol. The first-order valence-electron chi connectivity index (χ1n) is 8.32. The highest BCUT2D eigenvalue weighted by Gasteiger charge is 2.18. The molecule has 0 amide bonds. The number of halogens is 1. The van der Waals surface area contributed by atoms with Crippen LogP contribution in [0.4, 0.5) is 0 Å². The number of carbonyl (C=O) groups is 1. The summed E-state index contributed by atoms with van der Waals surface area (Å²) < 4.78 is 9.01. The van der Waals surface area contributed by atoms with Crippen molar-refractivity contribution in [3.63, 3.8) is 0 Å². The summed E-state index contributed by atoms with van der Waals surface area (Å²) in [4.78, 5) is 40.5. The first kappa shape index (κ1) is 19.6. The van der Waals surface area contributed by atoms with Gasteiger partial charge in [0.05, 0.1) is 16.4 Å². The maximum absolute atomic E-state index is 12.5. The lowest BCUT2D eigenvalue weighted by molar-refractivity contribution is 0.0456. The van der Waals surface area contributed by atoms with E-state index in [1.807, 2.05) is 19.9 Å². The maximum Gasteiger partial charge on any atom is 0.358 e. The van der Waals surface area contributed by atoms with Gasteiger partial charge < -0.3 is 4.74 Å². The van der Waals surface area contributed by atoms with Crippen molar-refractivity contribution in [1.82, 2.24) is 23.9 Å². The van der Waals surface area contributed by atoms with Gasteiger partial charge in [-0.1, -0.05) is 11.6 Å². The molecule has 3 aromatic heterocycles. The van der Waals surface area contributed by atoms with Gasteiger partial charge in [-0.05, 0) is 32.0 Å². The summed E-state index contributed by atoms with van der Waals surface area (Å²) in [6.07, 6.45) is 0. The van der Waals surface area contributed by atoms with Crippen molar-refractivity contribution in [3.05, 3.63) is 72.9 Å². The summed E-state index contributed by atoms with van der Waals surface area (Å²) in [5, 5.41) is 4.45. The van der Waals surface area contributed by atoms with Crippen LogP contribution in [0.25, 0.3) is 5.82 Å². The van der Waals surface area contributed by atoms with Gasteiger partial charge in [0.2, 0.25) is 0 Å². The molecule has 28 heavy (non-hydrogen) atoms. The van der Waals surface area contributed by atoms with E-state index in [4.69, 9.17) is 16.3 Å². The highest BCUT2D eigenvalue weighted by Crippen LogP contribution is 2.19. The van der Waals surface area contributed by atoms with Gasteiger partial charge in [-0.3, -0.25) is 13.9 Å². The van der Waals surface area contributed by atoms with Gasteiger partial charge in [0.15, 0.2) is 11.5 Å². The van der Waals surface area contributed by atoms with E-state index in [-0.39, 0.29) is 23.0 Å². The molecule has 10 heteroatoms. The zero-order chi connectivity index (χ0) is 20.6. The van der Waals surface area contributed by atoms with Crippen molar-refractivity contribution in [2.24, 2.45) is 14.1 Å². The third-order valence-corrected chi connectivity index (χ3v) is 4.53. The van der Waals surface area contributed by atoms with Crippen LogP contribution in [0.3, 0.4) is 0 Å². The van der Waals surface area contributed by atoms with Gasteiger partial charge in [0, 0.05) is 25.9 Å². The molecule has 0 fully saturated rings. The van der Waals surface area contributed by atoms with Gasteiger partial charge in [-0.25, -0.2) is 19.3 Å². The van der Waals surface area contributed by atoms with Gasteiger partial charge in [-0.15, -0.1) is 0 Å². The van der Waals surface area contributed by atoms with E-state index in [0.717, 1.165) is 16.0 Å². The minimum atomic E-state index is -0.776. The third-order valence-electron chi connectivity index (χ3n) is 4.23. The molecule has 9 nitrogen and oxygen atoms in total. The average Bonchev–Trinajstić information content (AvgIpc) is 3.00. The predicted molar refractivity (Wildman–Crippen MR) is 102 cm³/mol. The van der Waals surface area contributed by atoms with Crippen LogP contribution >= 0.6 is 11.6 Å². The fourth-order valence-electron chi connectivity index (χ4n) is 2.68. The smallest absolute Gasteiger partial charge is 0.358 e. The average molecular weight is 404 g/mol. The molecule has 0 radical (unpaired) electrons. The molecule has 0 spiro atoms. The normalized spacial score (nSPS) is 10.9. The molecule has 3 aromatic rings. The molecule has 0 aliphatic heterocycles. The number of aryl methyl sites for hydroxylation is 2. The van der Waals surface area contributed by atoms with Crippen LogP contribution in [-0.4, -0.2) is 29.9 Å². The van der Waals surface area contributed by atoms with E-state index < -0.39 is 17.2 Å². The topological polar surface area (TPSA) is 101 Å². The SMILES string of the molecule is Cc1cc(C)n(-c2ccc(Cl)c(C(=O)OCc3cc(=O)n(C)c(=O)n3C)n2)n1. The highest BCUT2D eigenvalue weighted by atomic mass is 35.5. The summed E-state index contributed by atoms with van der Waals surface area (Å²) in [5.74, 6) is -0.357. The lowest BCUT2D eigenvalue weighted by Gasteiger charge is -2.11. The van der Waals surface area contributed by atoms with Crippen LogP contribution in [-0.2, 0) is 25.4 Å². The molecule has 0 aromatic carbocycles. The van der Waals surface area contributed by atoms with Crippen LogP contribution in [0.2, 0.25) is 5.02 Å². The van der Waals surface area contributed by atoms with E-state index in [0.29, 0.717) is 5.82 Å². The van der Waals surface area contributed by atoms with Crippen LogP contribution in [0.15, 0.2) is 33.9 Å². The van der Waals surface area contributed by atoms with Crippen molar-refractivity contribution >= 4 is 17.6 Å². The molecule has 0 N–H and O–H groups in total. The first-order valence-corrected chi connectivity index (χ1v) is 8.70. The van der Waals surface area contributed by atoms with Gasteiger partial charge in [-0.2, -0.15) is 5.10 Å². The number of aromatic nitrogens is 5. The molecule has 0 aliphatic carbocycles. The summed E-state index contributed by atoms with van der Waals surface area (Å²) >= 11 is 6.11. The Balaban J connectivity index is 1.88. The monoisotopic (exact) mass is 403 g/mol. The Hall–Kier alpha value is -3.20. The molecule has 0 unspecified atom stereocenters. The summed E-state index contributed by atoms with van der Waals surface area (Å²) in [7, 11) is 2.86. The van der Waals surface area contributed by atoms with Crippen LogP contribution in [0.5, 0.6) is 0 Å². The van der Waals surface area contributed by atoms with E-state index >= 15 is 0 Å². The van der Waals surface area contributed by atoms with Crippen molar-refractivity contribution < 1.29 is 9.53 Å². The first-order chi connectivity index (χ1) is 13.2. The fraction of sp³-hybridized carbons (Fsp3) is 0.278. The fourth-order valence-corrected chi connectivity index (χ4v) is 2.86. The second-order valence-electron chi connectivity index (χ2n) is 6.29. The second-order valence-corrected chi connectivity index (χ2v) is 6.70. The number of hydrogen-bond acceptors (Lipinski definition) is 6. The predicted octanol–water partition coefficient (Wildman–Crippen LogP) is 1.29. The molecule has 0 saturated heterocycles. The zero-order valence-electron chi connectivity index (χ0n) is 15.8. The Morgan fingerprint density at radius 2 is 1.86 bits per heavy atom. The lowest BCUT2D eigenvalue weighted by Crippen LogP contribution is -2.38. The molecule has 146 valence electrons. The Bertz CT molecular complexity index is 1190. The number of ether oxygens (including phenoxy) is 1. The van der Waals surface area contributed by atoms with Gasteiger partial charge in [0.25, 0.3) is 5.56 Å². The number of carbonyl (C=O) groups excluding carboxylic acids is 1. The van der Waals surface area contributed by atoms with Crippen LogP contribution < -0.4 is 11.2 Å². The third kappa shape index (κ3) is 3.61. The molecular formula is C18H18ClN5O4.